The number of nitrogens with zero attached hydrogens (tertiary/aromatic N) is 3. The van der Waals surface area contributed by atoms with E-state index in [1.807, 2.05) is 24.3 Å². The highest BCUT2D eigenvalue weighted by molar-refractivity contribution is 5.87. The van der Waals surface area contributed by atoms with Gasteiger partial charge in [-0.2, -0.15) is 13.2 Å². The van der Waals surface area contributed by atoms with Crippen LogP contribution >= 0.6 is 0 Å². The predicted octanol–water partition coefficient (Wildman–Crippen LogP) is 5.91. The van der Waals surface area contributed by atoms with Gasteiger partial charge in [0.05, 0.1) is 17.0 Å². The number of pyridine rings is 1. The first kappa shape index (κ1) is 19.1. The molecule has 3 heterocycles. The summed E-state index contributed by atoms with van der Waals surface area (Å²) < 4.78 is 40.9. The number of hydrogen-bond acceptors (Lipinski definition) is 2. The van der Waals surface area contributed by atoms with Gasteiger partial charge >= 0.3 is 6.18 Å². The van der Waals surface area contributed by atoms with Gasteiger partial charge in [0.1, 0.15) is 0 Å². The van der Waals surface area contributed by atoms with Gasteiger partial charge in [0.2, 0.25) is 0 Å². The molecule has 0 saturated carbocycles. The smallest absolute Gasteiger partial charge is 0.317 e. The minimum atomic E-state index is -4.15. The maximum absolute atomic E-state index is 12.9. The van der Waals surface area contributed by atoms with E-state index in [-0.39, 0.29) is 18.8 Å². The SMILES string of the molecule is FC(F)(F)[C]1CCN(Cc2cccc3c2ccn3-c2ccc3ncccc3c2)CC1. The topological polar surface area (TPSA) is 21.1 Å². The van der Waals surface area contributed by atoms with Crippen LogP contribution < -0.4 is 0 Å². The zero-order chi connectivity index (χ0) is 20.7. The molecule has 0 aliphatic carbocycles. The molecule has 2 aromatic heterocycles. The number of benzene rings is 2. The molecule has 1 radical (unpaired) electrons. The fourth-order valence-corrected chi connectivity index (χ4v) is 4.31. The molecule has 2 aromatic carbocycles. The third kappa shape index (κ3) is 3.56. The Balaban J connectivity index is 1.41. The van der Waals surface area contributed by atoms with E-state index in [2.05, 4.69) is 51.0 Å². The molecule has 30 heavy (non-hydrogen) atoms. The Labute approximate surface area is 172 Å². The Bertz CT molecular complexity index is 1190. The van der Waals surface area contributed by atoms with Gasteiger partial charge in [-0.15, -0.1) is 0 Å². The van der Waals surface area contributed by atoms with Crippen molar-refractivity contribution in [3.63, 3.8) is 0 Å². The third-order valence-corrected chi connectivity index (χ3v) is 5.94. The van der Waals surface area contributed by atoms with Gasteiger partial charge in [-0.25, -0.2) is 0 Å². The lowest BCUT2D eigenvalue weighted by molar-refractivity contribution is -0.123. The van der Waals surface area contributed by atoms with Gasteiger partial charge in [-0.3, -0.25) is 9.88 Å². The quantitative estimate of drug-likeness (QED) is 0.420. The Morgan fingerprint density at radius 1 is 0.933 bits per heavy atom. The molecule has 1 saturated heterocycles. The lowest BCUT2D eigenvalue weighted by atomic mass is 9.96. The van der Waals surface area contributed by atoms with E-state index >= 15 is 0 Å². The number of rotatable bonds is 3. The first-order valence-electron chi connectivity index (χ1n) is 10.1. The zero-order valence-corrected chi connectivity index (χ0v) is 16.4. The molecule has 1 fully saturated rings. The summed E-state index contributed by atoms with van der Waals surface area (Å²) in [6, 6.07) is 18.4. The highest BCUT2D eigenvalue weighted by Gasteiger charge is 2.41. The normalized spacial score (nSPS) is 16.5. The van der Waals surface area contributed by atoms with Crippen molar-refractivity contribution in [3.8, 4) is 5.69 Å². The molecule has 3 nitrogen and oxygen atoms in total. The van der Waals surface area contributed by atoms with Crippen LogP contribution in [0.25, 0.3) is 27.5 Å². The van der Waals surface area contributed by atoms with Gasteiger partial charge in [0.15, 0.2) is 0 Å². The monoisotopic (exact) mass is 408 g/mol. The molecule has 0 N–H and O–H groups in total. The Morgan fingerprint density at radius 2 is 1.77 bits per heavy atom. The van der Waals surface area contributed by atoms with Crippen LogP contribution in [0.4, 0.5) is 13.2 Å². The second kappa shape index (κ2) is 7.43. The van der Waals surface area contributed by atoms with E-state index in [1.54, 1.807) is 6.20 Å². The molecule has 4 aromatic rings. The summed E-state index contributed by atoms with van der Waals surface area (Å²) in [4.78, 5) is 6.49. The molecule has 0 unspecified atom stereocenters. The fraction of sp³-hybridized carbons (Fsp3) is 0.250. The van der Waals surface area contributed by atoms with Crippen molar-refractivity contribution >= 4 is 21.8 Å². The average molecular weight is 408 g/mol. The summed E-state index contributed by atoms with van der Waals surface area (Å²) in [5.41, 5.74) is 4.25. The summed E-state index contributed by atoms with van der Waals surface area (Å²) in [6.45, 7) is 1.56. The summed E-state index contributed by atoms with van der Waals surface area (Å²) in [6.07, 6.45) is -0.108. The van der Waals surface area contributed by atoms with Gasteiger partial charge in [-0.05, 0) is 67.9 Å². The molecule has 0 amide bonds. The number of piperidine rings is 1. The second-order valence-corrected chi connectivity index (χ2v) is 7.79. The van der Waals surface area contributed by atoms with Crippen LogP contribution in [0, 0.1) is 5.92 Å². The first-order valence-corrected chi connectivity index (χ1v) is 10.1. The standard InChI is InChI=1S/C24H21F3N3/c25-24(26,27)19-8-12-29(13-9-19)16-18-3-1-5-23-21(18)10-14-30(23)20-6-7-22-17(15-20)4-2-11-28-22/h1-7,10-11,14-15H,8-9,12-13,16H2. The van der Waals surface area contributed by atoms with Gasteiger partial charge in [-0.1, -0.05) is 18.2 Å². The molecule has 0 bridgehead atoms. The zero-order valence-electron chi connectivity index (χ0n) is 16.4. The van der Waals surface area contributed by atoms with Crippen molar-refractivity contribution in [3.05, 3.63) is 78.5 Å². The second-order valence-electron chi connectivity index (χ2n) is 7.79. The maximum Gasteiger partial charge on any atom is 0.395 e. The van der Waals surface area contributed by atoms with Crippen LogP contribution in [0.2, 0.25) is 0 Å². The van der Waals surface area contributed by atoms with Crippen molar-refractivity contribution in [2.45, 2.75) is 25.6 Å². The van der Waals surface area contributed by atoms with Crippen LogP contribution in [0.3, 0.4) is 0 Å². The van der Waals surface area contributed by atoms with Gasteiger partial charge in [0, 0.05) is 35.4 Å². The molecule has 5 rings (SSSR count). The number of hydrogen-bond donors (Lipinski definition) is 0. The number of alkyl halides is 3. The number of halogens is 3. The van der Waals surface area contributed by atoms with Crippen molar-refractivity contribution in [1.82, 2.24) is 14.5 Å². The molecular weight excluding hydrogens is 387 g/mol. The van der Waals surface area contributed by atoms with Crippen molar-refractivity contribution in [2.24, 2.45) is 0 Å². The first-order chi connectivity index (χ1) is 14.5. The van der Waals surface area contributed by atoms with Crippen LogP contribution in [0.15, 0.2) is 67.0 Å². The lowest BCUT2D eigenvalue weighted by Gasteiger charge is -2.32. The van der Waals surface area contributed by atoms with Crippen molar-refractivity contribution in [1.29, 1.82) is 0 Å². The van der Waals surface area contributed by atoms with E-state index in [4.69, 9.17) is 0 Å². The average Bonchev–Trinajstić information content (AvgIpc) is 3.18. The molecule has 0 spiro atoms. The summed E-state index contributed by atoms with van der Waals surface area (Å²) >= 11 is 0. The van der Waals surface area contributed by atoms with Crippen LogP contribution in [0.5, 0.6) is 0 Å². The fourth-order valence-electron chi connectivity index (χ4n) is 4.31. The van der Waals surface area contributed by atoms with Crippen LogP contribution in [0.1, 0.15) is 18.4 Å². The minimum Gasteiger partial charge on any atom is -0.317 e. The molecule has 1 aliphatic rings. The third-order valence-electron chi connectivity index (χ3n) is 5.94. The summed E-state index contributed by atoms with van der Waals surface area (Å²) in [5, 5.41) is 2.22. The van der Waals surface area contributed by atoms with Crippen LogP contribution in [-0.4, -0.2) is 33.7 Å². The van der Waals surface area contributed by atoms with Crippen molar-refractivity contribution < 1.29 is 13.2 Å². The number of likely N-dealkylation sites (tertiary alicyclic amines) is 1. The van der Waals surface area contributed by atoms with Gasteiger partial charge in [0.25, 0.3) is 0 Å². The Morgan fingerprint density at radius 3 is 2.57 bits per heavy atom. The van der Waals surface area contributed by atoms with Crippen LogP contribution in [-0.2, 0) is 6.54 Å². The minimum absolute atomic E-state index is 0.103. The number of aromatic nitrogens is 2. The van der Waals surface area contributed by atoms with Crippen molar-refractivity contribution in [2.75, 3.05) is 13.1 Å². The largest absolute Gasteiger partial charge is 0.395 e. The number of fused-ring (bicyclic) bond motifs is 2. The van der Waals surface area contributed by atoms with E-state index < -0.39 is 6.18 Å². The van der Waals surface area contributed by atoms with Gasteiger partial charge < -0.3 is 4.57 Å². The molecular formula is C24H21F3N3. The van der Waals surface area contributed by atoms with E-state index in [0.29, 0.717) is 19.6 Å². The van der Waals surface area contributed by atoms with E-state index in [9.17, 15) is 13.2 Å². The Kier molecular flexibility index (Phi) is 4.74. The summed E-state index contributed by atoms with van der Waals surface area (Å²) in [5.74, 6) is -0.283. The van der Waals surface area contributed by atoms with E-state index in [1.165, 1.54) is 0 Å². The summed E-state index contributed by atoms with van der Waals surface area (Å²) in [7, 11) is 0. The highest BCUT2D eigenvalue weighted by atomic mass is 19.4. The molecule has 0 atom stereocenters. The van der Waals surface area contributed by atoms with E-state index in [0.717, 1.165) is 33.1 Å². The maximum atomic E-state index is 12.9. The molecule has 153 valence electrons. The lowest BCUT2D eigenvalue weighted by Crippen LogP contribution is -2.37. The highest BCUT2D eigenvalue weighted by Crippen LogP contribution is 2.36. The Hall–Kier alpha value is -2.86. The molecule has 1 aliphatic heterocycles. The molecule has 6 heteroatoms. The predicted molar refractivity (Wildman–Crippen MR) is 112 cm³/mol.